The molecule has 0 radical (unpaired) electrons. The maximum absolute atomic E-state index is 13.3. The number of carbonyl (C=O) groups excluding carboxylic acids is 1. The Morgan fingerprint density at radius 1 is 1.08 bits per heavy atom. The van der Waals surface area contributed by atoms with E-state index in [1.54, 1.807) is 12.1 Å². The third-order valence-corrected chi connectivity index (χ3v) is 13.2. The van der Waals surface area contributed by atoms with E-state index in [1.807, 2.05) is 42.5 Å². The fourth-order valence-electron chi connectivity index (χ4n) is 5.32. The number of ether oxygens (including phenoxy) is 3. The monoisotopic (exact) mass is 522 g/mol. The molecule has 2 aliphatic rings. The van der Waals surface area contributed by atoms with Crippen LogP contribution in [-0.4, -0.2) is 45.3 Å². The van der Waals surface area contributed by atoms with Crippen LogP contribution in [0, 0.1) is 11.3 Å². The molecule has 1 heterocycles. The zero-order valence-electron chi connectivity index (χ0n) is 23.2. The van der Waals surface area contributed by atoms with Crippen LogP contribution in [-0.2, 0) is 25.2 Å². The minimum atomic E-state index is -2.12. The van der Waals surface area contributed by atoms with Crippen LogP contribution in [0.3, 0.4) is 0 Å². The van der Waals surface area contributed by atoms with Crippen molar-refractivity contribution in [3.8, 4) is 0 Å². The van der Waals surface area contributed by atoms with E-state index in [-0.39, 0.29) is 23.0 Å². The van der Waals surface area contributed by atoms with E-state index in [0.717, 1.165) is 5.56 Å². The molecule has 1 saturated heterocycles. The van der Waals surface area contributed by atoms with Gasteiger partial charge in [0, 0.05) is 17.8 Å². The lowest BCUT2D eigenvalue weighted by Gasteiger charge is -2.53. The molecule has 0 bridgehead atoms. The highest BCUT2D eigenvalue weighted by molar-refractivity contribution is 6.74. The average Bonchev–Trinajstić information content (AvgIpc) is 3.64. The van der Waals surface area contributed by atoms with Gasteiger partial charge < -0.3 is 18.6 Å². The Hall–Kier alpha value is -2.25. The minimum Gasteiger partial charge on any atom is -0.458 e. The SMILES string of the molecule is C=C[C@H]1[C@](C)(COCc2ccccc2)[C@@H](OC(=O)c2ccccc2)C[C@@H](O[Si](C)(C)C(C)(C)C)[C@@]12CO2. The van der Waals surface area contributed by atoms with Crippen LogP contribution in [0.15, 0.2) is 73.3 Å². The van der Waals surface area contributed by atoms with E-state index in [2.05, 4.69) is 59.5 Å². The second-order valence-corrected chi connectivity index (χ2v) is 17.1. The van der Waals surface area contributed by atoms with Gasteiger partial charge in [0.25, 0.3) is 0 Å². The Morgan fingerprint density at radius 3 is 2.22 bits per heavy atom. The Morgan fingerprint density at radius 2 is 1.68 bits per heavy atom. The molecule has 2 aromatic carbocycles. The van der Waals surface area contributed by atoms with Gasteiger partial charge in [-0.2, -0.15) is 0 Å². The first-order valence-electron chi connectivity index (χ1n) is 13.2. The van der Waals surface area contributed by atoms with E-state index in [0.29, 0.717) is 31.8 Å². The largest absolute Gasteiger partial charge is 0.458 e. The third kappa shape index (κ3) is 5.63. The number of carbonyl (C=O) groups is 1. The zero-order valence-corrected chi connectivity index (χ0v) is 24.2. The zero-order chi connectivity index (χ0) is 26.9. The summed E-state index contributed by atoms with van der Waals surface area (Å²) in [7, 11) is -2.12. The summed E-state index contributed by atoms with van der Waals surface area (Å²) in [5.41, 5.74) is 0.629. The maximum Gasteiger partial charge on any atom is 0.338 e. The van der Waals surface area contributed by atoms with E-state index >= 15 is 0 Å². The van der Waals surface area contributed by atoms with Crippen molar-refractivity contribution in [1.82, 2.24) is 0 Å². The molecule has 0 aromatic heterocycles. The van der Waals surface area contributed by atoms with Gasteiger partial charge in [-0.3, -0.25) is 0 Å². The summed E-state index contributed by atoms with van der Waals surface area (Å²) in [6.07, 6.45) is 1.90. The van der Waals surface area contributed by atoms with Crippen LogP contribution in [0.25, 0.3) is 0 Å². The highest BCUT2D eigenvalue weighted by atomic mass is 28.4. The second kappa shape index (κ2) is 10.5. The van der Waals surface area contributed by atoms with Crippen molar-refractivity contribution in [3.63, 3.8) is 0 Å². The molecular weight excluding hydrogens is 480 g/mol. The van der Waals surface area contributed by atoms with E-state index in [9.17, 15) is 4.79 Å². The van der Waals surface area contributed by atoms with Gasteiger partial charge in [-0.15, -0.1) is 6.58 Å². The lowest BCUT2D eigenvalue weighted by atomic mass is 9.60. The van der Waals surface area contributed by atoms with Gasteiger partial charge in [-0.1, -0.05) is 82.3 Å². The van der Waals surface area contributed by atoms with Gasteiger partial charge in [0.05, 0.1) is 31.5 Å². The summed E-state index contributed by atoms with van der Waals surface area (Å²) >= 11 is 0. The Kier molecular flexibility index (Phi) is 7.87. The predicted molar refractivity (Wildman–Crippen MR) is 149 cm³/mol. The molecule has 1 aliphatic carbocycles. The number of hydrogen-bond acceptors (Lipinski definition) is 5. The Balaban J connectivity index is 1.64. The van der Waals surface area contributed by atoms with Crippen molar-refractivity contribution >= 4 is 14.3 Å². The van der Waals surface area contributed by atoms with Crippen LogP contribution in [0.5, 0.6) is 0 Å². The summed E-state index contributed by atoms with van der Waals surface area (Å²) < 4.78 is 25.8. The predicted octanol–water partition coefficient (Wildman–Crippen LogP) is 6.80. The number of rotatable bonds is 9. The van der Waals surface area contributed by atoms with Crippen molar-refractivity contribution in [1.29, 1.82) is 0 Å². The summed E-state index contributed by atoms with van der Waals surface area (Å²) in [4.78, 5) is 13.3. The molecule has 0 amide bonds. The third-order valence-electron chi connectivity index (χ3n) is 8.69. The first-order valence-corrected chi connectivity index (χ1v) is 16.2. The summed E-state index contributed by atoms with van der Waals surface area (Å²) in [6.45, 7) is 19.1. The van der Waals surface area contributed by atoms with Crippen molar-refractivity contribution in [2.24, 2.45) is 11.3 Å². The first kappa shape index (κ1) is 27.8. The van der Waals surface area contributed by atoms with Crippen LogP contribution in [0.2, 0.25) is 18.1 Å². The Labute approximate surface area is 223 Å². The molecule has 1 aliphatic heterocycles. The molecule has 0 unspecified atom stereocenters. The molecule has 37 heavy (non-hydrogen) atoms. The van der Waals surface area contributed by atoms with E-state index < -0.39 is 25.4 Å². The smallest absolute Gasteiger partial charge is 0.338 e. The molecule has 5 atom stereocenters. The molecule has 2 fully saturated rings. The summed E-state index contributed by atoms with van der Waals surface area (Å²) in [5, 5.41) is 0.0442. The summed E-state index contributed by atoms with van der Waals surface area (Å²) in [5.74, 6) is -0.436. The van der Waals surface area contributed by atoms with Crippen LogP contribution in [0.4, 0.5) is 0 Å². The van der Waals surface area contributed by atoms with E-state index in [4.69, 9.17) is 18.6 Å². The van der Waals surface area contributed by atoms with Gasteiger partial charge >= 0.3 is 5.97 Å². The molecule has 200 valence electrons. The lowest BCUT2D eigenvalue weighted by molar-refractivity contribution is -0.146. The van der Waals surface area contributed by atoms with Gasteiger partial charge in [0.15, 0.2) is 8.32 Å². The number of benzene rings is 2. The Bertz CT molecular complexity index is 1070. The average molecular weight is 523 g/mol. The van der Waals surface area contributed by atoms with Crippen LogP contribution < -0.4 is 0 Å². The number of esters is 1. The second-order valence-electron chi connectivity index (χ2n) is 12.3. The molecule has 1 spiro atoms. The highest BCUT2D eigenvalue weighted by Gasteiger charge is 2.69. The quantitative estimate of drug-likeness (QED) is 0.157. The van der Waals surface area contributed by atoms with Gasteiger partial charge in [0.2, 0.25) is 0 Å². The summed E-state index contributed by atoms with van der Waals surface area (Å²) in [6, 6.07) is 19.3. The van der Waals surface area contributed by atoms with Gasteiger partial charge in [-0.25, -0.2) is 4.79 Å². The molecule has 0 N–H and O–H groups in total. The normalized spacial score (nSPS) is 29.6. The fourth-order valence-corrected chi connectivity index (χ4v) is 6.68. The number of epoxide rings is 1. The standard InChI is InChI=1S/C31H42O5Si/c1-8-25-30(5,21-33-20-23-15-11-9-12-16-23)26(35-28(32)24-17-13-10-14-18-24)19-27(31(25)22-34-31)36-37(6,7)29(2,3)4/h8-18,25-27H,1,19-22H2,2-7H3/t25-,26-,27+,30-,31+/m0/s1. The van der Waals surface area contributed by atoms with Crippen molar-refractivity contribution in [2.75, 3.05) is 13.2 Å². The maximum atomic E-state index is 13.3. The van der Waals surface area contributed by atoms with Crippen molar-refractivity contribution in [3.05, 3.63) is 84.4 Å². The lowest BCUT2D eigenvalue weighted by Crippen LogP contribution is -2.62. The molecule has 5 nitrogen and oxygen atoms in total. The van der Waals surface area contributed by atoms with Crippen molar-refractivity contribution in [2.45, 2.75) is 76.7 Å². The van der Waals surface area contributed by atoms with Gasteiger partial charge in [-0.05, 0) is 35.8 Å². The number of hydrogen-bond donors (Lipinski definition) is 0. The molecule has 6 heteroatoms. The molecular formula is C31H42O5Si. The molecule has 4 rings (SSSR count). The molecule has 1 saturated carbocycles. The minimum absolute atomic E-state index is 0.0442. The van der Waals surface area contributed by atoms with Gasteiger partial charge in [0.1, 0.15) is 11.7 Å². The topological polar surface area (TPSA) is 57.3 Å². The van der Waals surface area contributed by atoms with Crippen LogP contribution >= 0.6 is 0 Å². The van der Waals surface area contributed by atoms with Crippen molar-refractivity contribution < 1.29 is 23.4 Å². The van der Waals surface area contributed by atoms with E-state index in [1.165, 1.54) is 0 Å². The molecule has 2 aromatic rings. The highest BCUT2D eigenvalue weighted by Crippen LogP contribution is 2.58. The van der Waals surface area contributed by atoms with Crippen LogP contribution in [0.1, 0.15) is 50.0 Å². The fraction of sp³-hybridized carbons (Fsp3) is 0.516. The first-order chi connectivity index (χ1) is 17.4.